The Hall–Kier alpha value is -9.89. The maximum absolute atomic E-state index is 12.2. The summed E-state index contributed by atoms with van der Waals surface area (Å²) in [7, 11) is 0. The molecule has 4 aromatic heterocycles. The van der Waals surface area contributed by atoms with E-state index in [1.807, 2.05) is 91.0 Å². The molecule has 0 fully saturated rings. The number of hydrogen-bond acceptors (Lipinski definition) is 6. The van der Waals surface area contributed by atoms with Crippen LogP contribution >= 0.6 is 0 Å². The van der Waals surface area contributed by atoms with E-state index in [0.29, 0.717) is 32.9 Å². The van der Waals surface area contributed by atoms with Gasteiger partial charge in [-0.1, -0.05) is 242 Å². The molecule has 10 heteroatoms. The SMILES string of the molecule is Cc1ccccc1-c1c2/c(=C(\C#N)c3nc4c(ccc5ccccc54)o3)n(B(c3ccccc3)c3ccccc3)c(C(C)C)c2/c(=C(\C#N)c2nc3c(ccc4ccccc43)o2)n1B(c1ccccc1)c1ccccc1. The van der Waals surface area contributed by atoms with Crippen LogP contribution in [0.15, 0.2) is 227 Å². The predicted octanol–water partition coefficient (Wildman–Crippen LogP) is 10.9. The fourth-order valence-corrected chi connectivity index (χ4v) is 11.6. The monoisotopic (exact) mass is 976 g/mol. The van der Waals surface area contributed by atoms with E-state index in [4.69, 9.17) is 18.8 Å². The molecule has 0 bridgehead atoms. The average Bonchev–Trinajstić information content (AvgIpc) is 4.30. The third-order valence-corrected chi connectivity index (χ3v) is 14.8. The van der Waals surface area contributed by atoms with Crippen LogP contribution in [0.25, 0.3) is 76.9 Å². The number of rotatable bonds is 10. The normalized spacial score (nSPS) is 12.4. The van der Waals surface area contributed by atoms with Crippen LogP contribution in [0.1, 0.15) is 42.8 Å². The topological polar surface area (TPSA) is 110 Å². The van der Waals surface area contributed by atoms with Crippen molar-refractivity contribution >= 4 is 101 Å². The number of nitrogens with zero attached hydrogens (tertiary/aromatic N) is 6. The predicted molar refractivity (Wildman–Crippen MR) is 309 cm³/mol. The lowest BCUT2D eigenvalue weighted by Crippen LogP contribution is -2.54. The van der Waals surface area contributed by atoms with Gasteiger partial charge >= 0.3 is 13.7 Å². The second-order valence-electron chi connectivity index (χ2n) is 19.6. The van der Waals surface area contributed by atoms with E-state index in [1.165, 1.54) is 0 Å². The van der Waals surface area contributed by atoms with Gasteiger partial charge < -0.3 is 17.8 Å². The largest absolute Gasteiger partial charge is 0.435 e. The number of benzene rings is 9. The second-order valence-corrected chi connectivity index (χ2v) is 19.6. The Bertz CT molecular complexity index is 4390. The van der Waals surface area contributed by atoms with Gasteiger partial charge in [-0.3, -0.25) is 0 Å². The van der Waals surface area contributed by atoms with Crippen molar-refractivity contribution in [2.75, 3.05) is 0 Å². The van der Waals surface area contributed by atoms with Gasteiger partial charge in [0, 0.05) is 38.5 Å². The fourth-order valence-electron chi connectivity index (χ4n) is 11.6. The number of aromatic nitrogens is 4. The molecule has 0 aliphatic heterocycles. The van der Waals surface area contributed by atoms with Gasteiger partial charge in [0.1, 0.15) is 34.3 Å². The summed E-state index contributed by atoms with van der Waals surface area (Å²) in [6.45, 7) is 5.50. The first-order valence-electron chi connectivity index (χ1n) is 25.6. The molecule has 76 heavy (non-hydrogen) atoms. The molecule has 0 saturated carbocycles. The summed E-state index contributed by atoms with van der Waals surface area (Å²) in [4.78, 5) is 10.6. The number of hydrogen-bond donors (Lipinski definition) is 0. The minimum atomic E-state index is -0.519. The maximum atomic E-state index is 12.2. The van der Waals surface area contributed by atoms with Crippen LogP contribution in [0, 0.1) is 29.6 Å². The van der Waals surface area contributed by atoms with Crippen LogP contribution in [0.4, 0.5) is 0 Å². The Morgan fingerprint density at radius 2 is 0.855 bits per heavy atom. The van der Waals surface area contributed by atoms with Gasteiger partial charge in [0.2, 0.25) is 11.8 Å². The molecule has 9 aromatic carbocycles. The summed E-state index contributed by atoms with van der Waals surface area (Å²) < 4.78 is 18.4. The molecule has 0 N–H and O–H groups in total. The zero-order valence-electron chi connectivity index (χ0n) is 42.0. The van der Waals surface area contributed by atoms with E-state index < -0.39 is 13.7 Å². The molecule has 0 spiro atoms. The first kappa shape index (κ1) is 45.9. The molecule has 0 atom stereocenters. The summed E-state index contributed by atoms with van der Waals surface area (Å²) >= 11 is 0. The first-order chi connectivity index (χ1) is 37.4. The Balaban J connectivity index is 1.35. The van der Waals surface area contributed by atoms with Crippen molar-refractivity contribution in [2.45, 2.75) is 26.7 Å². The van der Waals surface area contributed by atoms with Crippen LogP contribution in [-0.4, -0.2) is 32.6 Å². The standard InChI is InChI=1S/C66H46B2N6O2/c1-42(2)61-57-58(64(73(61)67(46-25-8-4-9-26-46)47-27-10-5-11-28-47)54(41-70)66-72-60-52-35-21-18-24-45(52)37-39-56(60)76-66)62(50-33-19-16-22-43(50)3)74(68(48-29-12-6-13-30-48)49-31-14-7-15-32-49)63(57)53(40-69)65-71-59-51-34-20-17-23-44(51)36-38-55(59)75-65/h4-39,42H,1-3H3/b63-53-,64-54-. The molecule has 0 radical (unpaired) electrons. The van der Waals surface area contributed by atoms with Crippen molar-refractivity contribution in [2.24, 2.45) is 0 Å². The molecule has 4 heterocycles. The first-order valence-corrected chi connectivity index (χ1v) is 25.6. The fraction of sp³-hybridized carbons (Fsp3) is 0.0606. The third-order valence-electron chi connectivity index (χ3n) is 14.8. The summed E-state index contributed by atoms with van der Waals surface area (Å²) in [5.41, 5.74) is 10.6. The van der Waals surface area contributed by atoms with Crippen molar-refractivity contribution < 1.29 is 8.83 Å². The highest BCUT2D eigenvalue weighted by Gasteiger charge is 2.38. The van der Waals surface area contributed by atoms with Gasteiger partial charge in [-0.2, -0.15) is 10.5 Å². The summed E-state index contributed by atoms with van der Waals surface area (Å²) in [6.07, 6.45) is 0. The molecule has 358 valence electrons. The van der Waals surface area contributed by atoms with E-state index in [9.17, 15) is 10.5 Å². The molecule has 0 unspecified atom stereocenters. The van der Waals surface area contributed by atoms with Gasteiger partial charge in [0.05, 0.1) is 10.7 Å². The summed E-state index contributed by atoms with van der Waals surface area (Å²) in [5, 5.41) is 31.0. The molecule has 8 nitrogen and oxygen atoms in total. The lowest BCUT2D eigenvalue weighted by Gasteiger charge is -2.25. The lowest BCUT2D eigenvalue weighted by molar-refractivity contribution is 0.585. The van der Waals surface area contributed by atoms with Crippen LogP contribution < -0.4 is 32.5 Å². The maximum Gasteiger partial charge on any atom is 0.328 e. The van der Waals surface area contributed by atoms with Gasteiger partial charge in [0.25, 0.3) is 0 Å². The molecular formula is C66H46B2N6O2. The highest BCUT2D eigenvalue weighted by molar-refractivity contribution is 6.85. The lowest BCUT2D eigenvalue weighted by atomic mass is 9.50. The molecular weight excluding hydrogens is 930 g/mol. The molecule has 0 aliphatic rings. The average molecular weight is 977 g/mol. The molecule has 0 aliphatic carbocycles. The highest BCUT2D eigenvalue weighted by Crippen LogP contribution is 2.37. The smallest absolute Gasteiger partial charge is 0.328 e. The summed E-state index contributed by atoms with van der Waals surface area (Å²) in [6, 6.07) is 79.7. The van der Waals surface area contributed by atoms with Crippen LogP contribution in [0.2, 0.25) is 0 Å². The molecule has 13 rings (SSSR count). The number of oxazole rings is 2. The van der Waals surface area contributed by atoms with Gasteiger partial charge in [-0.15, -0.1) is 0 Å². The van der Waals surface area contributed by atoms with Crippen molar-refractivity contribution in [3.63, 3.8) is 0 Å². The van der Waals surface area contributed by atoms with Gasteiger partial charge in [-0.05, 0) is 41.3 Å². The quantitative estimate of drug-likeness (QED) is 0.126. The van der Waals surface area contributed by atoms with Crippen molar-refractivity contribution in [1.82, 2.24) is 18.9 Å². The Morgan fingerprint density at radius 1 is 0.461 bits per heavy atom. The van der Waals surface area contributed by atoms with E-state index in [2.05, 4.69) is 169 Å². The Kier molecular flexibility index (Phi) is 11.4. The van der Waals surface area contributed by atoms with Crippen LogP contribution in [0.3, 0.4) is 0 Å². The van der Waals surface area contributed by atoms with Gasteiger partial charge in [-0.25, -0.2) is 9.97 Å². The van der Waals surface area contributed by atoms with E-state index in [0.717, 1.165) is 76.7 Å². The van der Waals surface area contributed by atoms with E-state index >= 15 is 0 Å². The Labute approximate surface area is 439 Å². The van der Waals surface area contributed by atoms with Crippen molar-refractivity contribution in [1.29, 1.82) is 10.5 Å². The number of aryl methyl sites for hydroxylation is 1. The number of nitriles is 2. The molecule has 0 amide bonds. The van der Waals surface area contributed by atoms with Crippen LogP contribution in [0.5, 0.6) is 0 Å². The van der Waals surface area contributed by atoms with Crippen molar-refractivity contribution in [3.05, 3.63) is 252 Å². The molecule has 13 aromatic rings. The Morgan fingerprint density at radius 3 is 1.29 bits per heavy atom. The van der Waals surface area contributed by atoms with Crippen molar-refractivity contribution in [3.8, 4) is 23.4 Å². The minimum absolute atomic E-state index is 0.188. The second kappa shape index (κ2) is 18.9. The van der Waals surface area contributed by atoms with Gasteiger partial charge in [0.15, 0.2) is 11.2 Å². The van der Waals surface area contributed by atoms with Crippen LogP contribution in [-0.2, 0) is 0 Å². The van der Waals surface area contributed by atoms with E-state index in [1.54, 1.807) is 0 Å². The minimum Gasteiger partial charge on any atom is -0.435 e. The zero-order chi connectivity index (χ0) is 51.4. The highest BCUT2D eigenvalue weighted by atomic mass is 16.4. The summed E-state index contributed by atoms with van der Waals surface area (Å²) in [5.74, 6) is 0.165. The van der Waals surface area contributed by atoms with E-state index in [-0.39, 0.29) is 28.8 Å². The number of fused-ring (bicyclic) bond motifs is 7. The molecule has 0 saturated heterocycles. The third kappa shape index (κ3) is 7.45. The zero-order valence-corrected chi connectivity index (χ0v) is 42.0.